The summed E-state index contributed by atoms with van der Waals surface area (Å²) in [5, 5.41) is 0.752. The molecule has 0 heterocycles. The van der Waals surface area contributed by atoms with Crippen LogP contribution in [0, 0.1) is 17.8 Å². The van der Waals surface area contributed by atoms with E-state index < -0.39 is 0 Å². The average Bonchev–Trinajstić information content (AvgIpc) is 3.23. The van der Waals surface area contributed by atoms with Crippen molar-refractivity contribution in [1.29, 1.82) is 0 Å². The van der Waals surface area contributed by atoms with Crippen LogP contribution in [0.3, 0.4) is 0 Å². The first-order chi connectivity index (χ1) is 27.8. The molecule has 3 unspecified atom stereocenters. The first-order valence-electron chi connectivity index (χ1n) is 22.9. The van der Waals surface area contributed by atoms with Gasteiger partial charge in [0.15, 0.2) is 0 Å². The molecule has 0 spiro atoms. The lowest BCUT2D eigenvalue weighted by molar-refractivity contribution is -0.146. The van der Waals surface area contributed by atoms with Crippen molar-refractivity contribution in [3.05, 3.63) is 0 Å². The number of alkyl halides is 2. The first-order valence-corrected chi connectivity index (χ1v) is 24.8. The number of esters is 2. The van der Waals surface area contributed by atoms with Gasteiger partial charge in [0.25, 0.3) is 0 Å². The van der Waals surface area contributed by atoms with Gasteiger partial charge >= 0.3 is 11.9 Å². The van der Waals surface area contributed by atoms with Gasteiger partial charge in [-0.1, -0.05) is 146 Å². The summed E-state index contributed by atoms with van der Waals surface area (Å²) >= 11 is 8.04. The van der Waals surface area contributed by atoms with Gasteiger partial charge in [-0.2, -0.15) is 0 Å². The van der Waals surface area contributed by atoms with Crippen molar-refractivity contribution < 1.29 is 38.1 Å². The molecular formula is C47H92BrClO8. The van der Waals surface area contributed by atoms with E-state index in [9.17, 15) is 19.2 Å². The number of carbonyl (C=O) groups is 4. The van der Waals surface area contributed by atoms with E-state index in [1.165, 1.54) is 103 Å². The van der Waals surface area contributed by atoms with Crippen LogP contribution in [0.5, 0.6) is 0 Å². The average molecular weight is 901 g/mol. The Morgan fingerprint density at radius 1 is 0.474 bits per heavy atom. The molecule has 57 heavy (non-hydrogen) atoms. The third-order valence-electron chi connectivity index (χ3n) is 9.75. The highest BCUT2D eigenvalue weighted by molar-refractivity contribution is 9.09. The number of carbonyl (C=O) groups excluding carboxylic acids is 4. The molecule has 0 aromatic rings. The van der Waals surface area contributed by atoms with E-state index in [2.05, 4.69) is 55.2 Å². The smallest absolute Gasteiger partial charge is 0.305 e. The summed E-state index contributed by atoms with van der Waals surface area (Å²) in [4.78, 5) is 43.5. The molecule has 0 aliphatic carbocycles. The highest BCUT2D eigenvalue weighted by Gasteiger charge is 2.13. The third kappa shape index (κ3) is 55.0. The normalized spacial score (nSPS) is 12.0. The Bertz CT molecular complexity index is 791. The van der Waals surface area contributed by atoms with E-state index >= 15 is 0 Å². The van der Waals surface area contributed by atoms with Crippen LogP contribution >= 0.6 is 27.5 Å². The van der Waals surface area contributed by atoms with Gasteiger partial charge < -0.3 is 28.5 Å². The Kier molecular flexibility index (Phi) is 62.7. The van der Waals surface area contributed by atoms with Gasteiger partial charge in [-0.3, -0.25) is 9.59 Å². The zero-order chi connectivity index (χ0) is 43.5. The SMILES string of the molecule is CCCCCCC(CCCC)COC.CCCCCCC(CCCC)COC(=O)CCCCCCC(=O)OCC(CBr)COC.CCl.O=CCCCCCCC=O. The summed E-state index contributed by atoms with van der Waals surface area (Å²) in [7, 11) is 3.47. The van der Waals surface area contributed by atoms with Crippen molar-refractivity contribution in [2.24, 2.45) is 17.8 Å². The van der Waals surface area contributed by atoms with E-state index in [0.717, 1.165) is 88.2 Å². The van der Waals surface area contributed by atoms with Gasteiger partial charge in [-0.05, 0) is 63.2 Å². The number of ether oxygens (including phenoxy) is 4. The van der Waals surface area contributed by atoms with Crippen LogP contribution in [0.1, 0.15) is 207 Å². The van der Waals surface area contributed by atoms with Crippen molar-refractivity contribution in [3.63, 3.8) is 0 Å². The van der Waals surface area contributed by atoms with E-state index in [1.54, 1.807) is 7.11 Å². The maximum Gasteiger partial charge on any atom is 0.305 e. The van der Waals surface area contributed by atoms with Crippen molar-refractivity contribution in [2.45, 2.75) is 207 Å². The van der Waals surface area contributed by atoms with E-state index in [-0.39, 0.29) is 17.9 Å². The van der Waals surface area contributed by atoms with Crippen LogP contribution in [0.4, 0.5) is 0 Å². The van der Waals surface area contributed by atoms with Gasteiger partial charge in [0, 0.05) is 64.1 Å². The highest BCUT2D eigenvalue weighted by atomic mass is 79.9. The molecule has 0 N–H and O–H groups in total. The lowest BCUT2D eigenvalue weighted by Gasteiger charge is -2.16. The Balaban J connectivity index is -0.000000441. The predicted molar refractivity (Wildman–Crippen MR) is 246 cm³/mol. The number of rotatable bonds is 39. The largest absolute Gasteiger partial charge is 0.465 e. The topological polar surface area (TPSA) is 105 Å². The lowest BCUT2D eigenvalue weighted by atomic mass is 9.96. The molecule has 0 aromatic heterocycles. The molecule has 0 rings (SSSR count). The molecule has 3 atom stereocenters. The van der Waals surface area contributed by atoms with Gasteiger partial charge in [0.1, 0.15) is 12.6 Å². The molecule has 8 nitrogen and oxygen atoms in total. The maximum atomic E-state index is 12.1. The fourth-order valence-corrected chi connectivity index (χ4v) is 6.58. The molecule has 0 fully saturated rings. The number of aldehydes is 2. The molecular weight excluding hydrogens is 808 g/mol. The van der Waals surface area contributed by atoms with Crippen molar-refractivity contribution >= 4 is 52.0 Å². The monoisotopic (exact) mass is 899 g/mol. The first kappa shape index (κ1) is 62.6. The van der Waals surface area contributed by atoms with E-state index in [1.807, 2.05) is 7.11 Å². The van der Waals surface area contributed by atoms with Crippen LogP contribution in [0.25, 0.3) is 0 Å². The lowest BCUT2D eigenvalue weighted by Crippen LogP contribution is -2.19. The molecule has 342 valence electrons. The minimum absolute atomic E-state index is 0.0755. The maximum absolute atomic E-state index is 12.1. The van der Waals surface area contributed by atoms with Crippen LogP contribution in [0.2, 0.25) is 0 Å². The predicted octanol–water partition coefficient (Wildman–Crippen LogP) is 13.8. The standard InChI is InChI=1S/C25H47BrO5.C13H28O.C8H14O2.CH3Cl/c1-4-6-8-11-15-22(14-7-5-2)20-30-24(27)16-12-9-10-13-17-25(28)31-21-23(18-26)19-29-3;1-4-6-8-9-11-13(12-14-3)10-7-5-2;9-7-5-3-1-2-4-6-8-10;1-2/h22-23H,4-21H2,1-3H3;13H,4-12H2,1-3H3;7-8H,1-6H2;1H3. The second-order valence-electron chi connectivity index (χ2n) is 15.3. The highest BCUT2D eigenvalue weighted by Crippen LogP contribution is 2.19. The Morgan fingerprint density at radius 2 is 0.807 bits per heavy atom. The minimum Gasteiger partial charge on any atom is -0.465 e. The summed E-state index contributed by atoms with van der Waals surface area (Å²) in [5.41, 5.74) is 0. The number of hydrogen-bond acceptors (Lipinski definition) is 8. The summed E-state index contributed by atoms with van der Waals surface area (Å²) in [5.74, 6) is 1.29. The minimum atomic E-state index is -0.154. The fraction of sp³-hybridized carbons (Fsp3) is 0.915. The molecule has 0 bridgehead atoms. The number of unbranched alkanes of at least 4 members (excludes halogenated alkanes) is 16. The summed E-state index contributed by atoms with van der Waals surface area (Å²) in [6, 6.07) is 0. The molecule has 0 aromatic carbocycles. The van der Waals surface area contributed by atoms with Gasteiger partial charge in [-0.25, -0.2) is 0 Å². The second-order valence-corrected chi connectivity index (χ2v) is 15.9. The zero-order valence-corrected chi connectivity index (χ0v) is 40.6. The van der Waals surface area contributed by atoms with Gasteiger partial charge in [0.05, 0.1) is 19.8 Å². The number of halogens is 2. The third-order valence-corrected chi connectivity index (χ3v) is 10.7. The fourth-order valence-electron chi connectivity index (χ4n) is 6.20. The second kappa shape index (κ2) is 57.1. The van der Waals surface area contributed by atoms with Gasteiger partial charge in [0.2, 0.25) is 0 Å². The van der Waals surface area contributed by atoms with E-state index in [0.29, 0.717) is 51.4 Å². The van der Waals surface area contributed by atoms with Crippen molar-refractivity contribution in [3.8, 4) is 0 Å². The molecule has 0 aliphatic rings. The number of methoxy groups -OCH3 is 2. The summed E-state index contributed by atoms with van der Waals surface area (Å²) in [6.07, 6.45) is 33.9. The Morgan fingerprint density at radius 3 is 1.18 bits per heavy atom. The molecule has 0 saturated carbocycles. The molecule has 0 amide bonds. The summed E-state index contributed by atoms with van der Waals surface area (Å²) in [6.45, 7) is 11.5. The molecule has 0 aliphatic heterocycles. The van der Waals surface area contributed by atoms with Gasteiger partial charge in [-0.15, -0.1) is 11.6 Å². The Labute approximate surface area is 366 Å². The van der Waals surface area contributed by atoms with Crippen LogP contribution < -0.4 is 0 Å². The van der Waals surface area contributed by atoms with E-state index in [4.69, 9.17) is 18.9 Å². The summed E-state index contributed by atoms with van der Waals surface area (Å²) < 4.78 is 21.2. The molecule has 10 heteroatoms. The van der Waals surface area contributed by atoms with Crippen molar-refractivity contribution in [1.82, 2.24) is 0 Å². The zero-order valence-electron chi connectivity index (χ0n) is 38.2. The molecule has 0 saturated heterocycles. The van der Waals surface area contributed by atoms with Crippen LogP contribution in [-0.4, -0.2) is 76.9 Å². The molecule has 0 radical (unpaired) electrons. The number of hydrogen-bond donors (Lipinski definition) is 0. The van der Waals surface area contributed by atoms with Crippen LogP contribution in [0.15, 0.2) is 0 Å². The van der Waals surface area contributed by atoms with Crippen molar-refractivity contribution in [2.75, 3.05) is 52.4 Å². The Hall–Kier alpha value is -1.03. The quantitative estimate of drug-likeness (QED) is 0.0260. The van der Waals surface area contributed by atoms with Crippen LogP contribution in [-0.2, 0) is 38.1 Å².